The molecule has 0 bridgehead atoms. The number of amides is 4. The van der Waals surface area contributed by atoms with Gasteiger partial charge in [0, 0.05) is 18.1 Å². The van der Waals surface area contributed by atoms with Gasteiger partial charge in [-0.05, 0) is 90.3 Å². The lowest BCUT2D eigenvalue weighted by Crippen LogP contribution is -2.74. The predicted octanol–water partition coefficient (Wildman–Crippen LogP) is 6.18. The molecule has 0 aromatic rings. The minimum atomic E-state index is -1.51. The van der Waals surface area contributed by atoms with Gasteiger partial charge in [-0.15, -0.1) is 0 Å². The van der Waals surface area contributed by atoms with Crippen LogP contribution in [0.4, 0.5) is 9.59 Å². The quantitative estimate of drug-likeness (QED) is 0.229. The maximum absolute atomic E-state index is 14.9. The number of carbonyl (C=O) groups is 2. The van der Waals surface area contributed by atoms with Crippen molar-refractivity contribution in [3.63, 3.8) is 0 Å². The first-order valence-electron chi connectivity index (χ1n) is 17.3. The van der Waals surface area contributed by atoms with Crippen molar-refractivity contribution < 1.29 is 29.1 Å². The van der Waals surface area contributed by atoms with Crippen LogP contribution in [-0.4, -0.2) is 94.2 Å². The number of nitrogens with zero attached hydrogens (tertiary/aromatic N) is 6. The van der Waals surface area contributed by atoms with Crippen LogP contribution in [0.15, 0.2) is 15.0 Å². The van der Waals surface area contributed by atoms with Crippen molar-refractivity contribution >= 4 is 30.3 Å². The van der Waals surface area contributed by atoms with E-state index in [-0.39, 0.29) is 35.9 Å². The van der Waals surface area contributed by atoms with Crippen LogP contribution in [0.2, 0.25) is 0 Å². The fraction of sp³-hybridized carbons (Fsp3) is 0.861. The van der Waals surface area contributed by atoms with Gasteiger partial charge in [-0.25, -0.2) is 43.8 Å². The summed E-state index contributed by atoms with van der Waals surface area (Å²) in [6.07, 6.45) is 8.96. The number of aliphatic imine (C=N–C) groups is 3. The summed E-state index contributed by atoms with van der Waals surface area (Å²) in [5.41, 5.74) is -2.08. The van der Waals surface area contributed by atoms with E-state index in [2.05, 4.69) is 70.4 Å². The number of rotatable bonds is 9. The topological polar surface area (TPSA) is 152 Å². The zero-order valence-electron chi connectivity index (χ0n) is 30.5. The molecule has 4 amide bonds. The molecular formula is C36H56N6O6. The molecule has 266 valence electrons. The molecule has 12 heteroatoms. The average Bonchev–Trinajstić information content (AvgIpc) is 2.91. The molecule has 3 aliphatic carbocycles. The Morgan fingerprint density at radius 1 is 0.562 bits per heavy atom. The second-order valence-electron chi connectivity index (χ2n) is 19.0. The molecule has 1 N–H and O–H groups in total. The Kier molecular flexibility index (Phi) is 10.4. The first-order valence-corrected chi connectivity index (χ1v) is 17.3. The average molecular weight is 669 g/mol. The number of urea groups is 2. The minimum absolute atomic E-state index is 0.238. The van der Waals surface area contributed by atoms with Crippen molar-refractivity contribution in [3.8, 4) is 0 Å². The van der Waals surface area contributed by atoms with E-state index in [0.29, 0.717) is 38.5 Å². The van der Waals surface area contributed by atoms with E-state index in [1.165, 1.54) is 14.7 Å². The molecule has 48 heavy (non-hydrogen) atoms. The van der Waals surface area contributed by atoms with Crippen molar-refractivity contribution in [1.29, 1.82) is 0 Å². The minimum Gasteiger partial charge on any atom is -0.356 e. The summed E-state index contributed by atoms with van der Waals surface area (Å²) in [6, 6.07) is -2.43. The molecule has 0 aromatic carbocycles. The fourth-order valence-electron chi connectivity index (χ4n) is 11.0. The molecule has 4 fully saturated rings. The van der Waals surface area contributed by atoms with Crippen LogP contribution in [0, 0.1) is 32.5 Å². The molecule has 1 saturated heterocycles. The zero-order valence-corrected chi connectivity index (χ0v) is 30.5. The van der Waals surface area contributed by atoms with E-state index < -0.39 is 52.8 Å². The summed E-state index contributed by atoms with van der Waals surface area (Å²) in [7, 11) is 0. The van der Waals surface area contributed by atoms with Crippen LogP contribution in [0.25, 0.3) is 0 Å². The third-order valence-electron chi connectivity index (χ3n) is 11.3. The van der Waals surface area contributed by atoms with Gasteiger partial charge in [-0.3, -0.25) is 9.80 Å². The van der Waals surface area contributed by atoms with Crippen molar-refractivity contribution in [2.24, 2.45) is 47.5 Å². The Morgan fingerprint density at radius 3 is 1.17 bits per heavy atom. The van der Waals surface area contributed by atoms with E-state index in [1.54, 1.807) is 18.2 Å². The van der Waals surface area contributed by atoms with Crippen LogP contribution in [0.5, 0.6) is 0 Å². The number of imide groups is 1. The first-order chi connectivity index (χ1) is 22.1. The molecule has 0 aromatic heterocycles. The molecule has 6 atom stereocenters. The summed E-state index contributed by atoms with van der Waals surface area (Å²) in [5.74, 6) is 0. The smallest absolute Gasteiger partial charge is 0.332 e. The highest BCUT2D eigenvalue weighted by Gasteiger charge is 2.57. The number of hydrogen-bond acceptors (Lipinski definition) is 9. The molecule has 1 heterocycles. The van der Waals surface area contributed by atoms with Crippen LogP contribution in [0.1, 0.15) is 120 Å². The summed E-state index contributed by atoms with van der Waals surface area (Å²) in [4.78, 5) is 79.3. The normalized spacial score (nSPS) is 37.6. The van der Waals surface area contributed by atoms with Gasteiger partial charge in [0.1, 0.15) is 0 Å². The molecule has 1 aliphatic heterocycles. The van der Waals surface area contributed by atoms with Gasteiger partial charge in [0.15, 0.2) is 0 Å². The third kappa shape index (κ3) is 8.16. The van der Waals surface area contributed by atoms with Crippen LogP contribution < -0.4 is 0 Å². The highest BCUT2D eigenvalue weighted by molar-refractivity contribution is 5.96. The van der Waals surface area contributed by atoms with Crippen molar-refractivity contribution in [2.45, 2.75) is 145 Å². The Hall–Kier alpha value is -3.16. The Bertz CT molecular complexity index is 1330. The maximum atomic E-state index is 14.9. The SMILES string of the molecule is CC1(C)CC(N2C(=O)N(C3CC(C)(C)CC(C)(CN=C=O)C3)C(O)N(C3CC(C)(C)CC(C)(CN=C=O)C3)C2=O)CC(C)(CN=C=O)C1. The van der Waals surface area contributed by atoms with Gasteiger partial charge in [0.2, 0.25) is 24.6 Å². The van der Waals surface area contributed by atoms with Crippen molar-refractivity contribution in [1.82, 2.24) is 14.7 Å². The highest BCUT2D eigenvalue weighted by Crippen LogP contribution is 2.53. The van der Waals surface area contributed by atoms with E-state index in [1.807, 2.05) is 6.92 Å². The van der Waals surface area contributed by atoms with Crippen molar-refractivity contribution in [3.05, 3.63) is 0 Å². The summed E-state index contributed by atoms with van der Waals surface area (Å²) >= 11 is 0. The number of hydrogen-bond donors (Lipinski definition) is 1. The molecule has 12 nitrogen and oxygen atoms in total. The number of isocyanates is 3. The fourth-order valence-corrected chi connectivity index (χ4v) is 11.0. The largest absolute Gasteiger partial charge is 0.356 e. The van der Waals surface area contributed by atoms with Crippen LogP contribution >= 0.6 is 0 Å². The lowest BCUT2D eigenvalue weighted by Gasteiger charge is -2.58. The molecule has 4 aliphatic rings. The number of aliphatic hydroxyl groups excluding tert-OH is 1. The van der Waals surface area contributed by atoms with Crippen LogP contribution in [0.3, 0.4) is 0 Å². The highest BCUT2D eigenvalue weighted by atomic mass is 16.3. The standard InChI is InChI=1S/C36H56N6O6/c1-31(2)10-25(13-34(7,16-31)19-37-22-43)40-28(46)41(26-11-32(3,4)17-35(8,14-26)20-38-23-44)30(48)42(29(40)47)27-12-33(5,6)18-36(9,15-27)21-39-24-45/h25-28,46H,10-21H2,1-9H3. The molecule has 4 rings (SSSR count). The van der Waals surface area contributed by atoms with E-state index in [4.69, 9.17) is 0 Å². The molecule has 0 spiro atoms. The first kappa shape index (κ1) is 37.7. The Morgan fingerprint density at radius 2 is 0.854 bits per heavy atom. The third-order valence-corrected chi connectivity index (χ3v) is 11.3. The monoisotopic (exact) mass is 668 g/mol. The summed E-state index contributed by atoms with van der Waals surface area (Å²) in [6.45, 7) is 19.6. The number of aliphatic hydroxyl groups is 1. The molecule has 3 saturated carbocycles. The maximum Gasteiger partial charge on any atom is 0.332 e. The van der Waals surface area contributed by atoms with E-state index in [9.17, 15) is 29.1 Å². The predicted molar refractivity (Wildman–Crippen MR) is 180 cm³/mol. The lowest BCUT2D eigenvalue weighted by atomic mass is 9.61. The Balaban J connectivity index is 1.84. The van der Waals surface area contributed by atoms with Gasteiger partial charge in [-0.2, -0.15) is 0 Å². The molecule has 0 radical (unpaired) electrons. The van der Waals surface area contributed by atoms with Gasteiger partial charge in [0.25, 0.3) is 0 Å². The second-order valence-corrected chi connectivity index (χ2v) is 19.0. The second kappa shape index (κ2) is 13.3. The van der Waals surface area contributed by atoms with Gasteiger partial charge in [-0.1, -0.05) is 62.3 Å². The van der Waals surface area contributed by atoms with E-state index >= 15 is 0 Å². The zero-order chi connectivity index (χ0) is 35.9. The molecule has 6 unspecified atom stereocenters. The van der Waals surface area contributed by atoms with Crippen molar-refractivity contribution in [2.75, 3.05) is 19.6 Å². The van der Waals surface area contributed by atoms with Gasteiger partial charge in [0.05, 0.1) is 19.6 Å². The lowest BCUT2D eigenvalue weighted by molar-refractivity contribution is -0.156. The Labute approximate surface area is 285 Å². The van der Waals surface area contributed by atoms with Gasteiger partial charge >= 0.3 is 12.1 Å². The van der Waals surface area contributed by atoms with Crippen LogP contribution in [-0.2, 0) is 14.4 Å². The summed E-state index contributed by atoms with van der Waals surface area (Å²) in [5, 5.41) is 12.3. The number of carbonyl (C=O) groups excluding carboxylic acids is 5. The van der Waals surface area contributed by atoms with E-state index in [0.717, 1.165) is 19.3 Å². The summed E-state index contributed by atoms with van der Waals surface area (Å²) < 4.78 is 0. The molecular weight excluding hydrogens is 612 g/mol. The van der Waals surface area contributed by atoms with Gasteiger partial charge < -0.3 is 5.11 Å².